The minimum Gasteiger partial charge on any atom is -0.385 e. The van der Waals surface area contributed by atoms with Crippen molar-refractivity contribution in [2.24, 2.45) is 5.92 Å². The van der Waals surface area contributed by atoms with Crippen LogP contribution in [0.2, 0.25) is 0 Å². The van der Waals surface area contributed by atoms with Gasteiger partial charge in [0.2, 0.25) is 5.91 Å². The molecule has 154 valence electrons. The van der Waals surface area contributed by atoms with Crippen LogP contribution >= 0.6 is 0 Å². The number of halogens is 4. The highest BCUT2D eigenvalue weighted by Gasteiger charge is 2.31. The fourth-order valence-electron chi connectivity index (χ4n) is 3.31. The maximum atomic E-state index is 13.5. The lowest BCUT2D eigenvalue weighted by Gasteiger charge is -2.32. The van der Waals surface area contributed by atoms with E-state index in [0.717, 1.165) is 37.8 Å². The molecule has 4 nitrogen and oxygen atoms in total. The summed E-state index contributed by atoms with van der Waals surface area (Å²) in [7, 11) is 0. The standard InChI is InChI=1S/C20H25F4N3O/c1-13(15-8-16(20(22,23)24)10-17(21)9-15)25-11-14-4-6-27(7-5-14)19(28)12-26-18-2-3-18/h8-10,14,18,25-26H,1-7,11-12H2. The van der Waals surface area contributed by atoms with E-state index >= 15 is 0 Å². The Morgan fingerprint density at radius 1 is 1.14 bits per heavy atom. The molecule has 0 unspecified atom stereocenters. The molecule has 1 aromatic rings. The Kier molecular flexibility index (Phi) is 6.27. The molecule has 0 radical (unpaired) electrons. The summed E-state index contributed by atoms with van der Waals surface area (Å²) in [4.78, 5) is 14.0. The zero-order valence-electron chi connectivity index (χ0n) is 15.6. The maximum Gasteiger partial charge on any atom is 0.416 e. The van der Waals surface area contributed by atoms with Gasteiger partial charge < -0.3 is 15.5 Å². The normalized spacial score (nSPS) is 18.2. The zero-order chi connectivity index (χ0) is 20.3. The molecule has 1 heterocycles. The Bertz CT molecular complexity index is 723. The summed E-state index contributed by atoms with van der Waals surface area (Å²) < 4.78 is 52.1. The van der Waals surface area contributed by atoms with Crippen LogP contribution in [0.15, 0.2) is 24.8 Å². The van der Waals surface area contributed by atoms with Gasteiger partial charge in [-0.15, -0.1) is 0 Å². The summed E-state index contributed by atoms with van der Waals surface area (Å²) in [6.07, 6.45) is -0.703. The summed E-state index contributed by atoms with van der Waals surface area (Å²) in [6, 6.07) is 2.91. The van der Waals surface area contributed by atoms with Gasteiger partial charge in [0.1, 0.15) is 5.82 Å². The van der Waals surface area contributed by atoms with Crippen molar-refractivity contribution in [3.8, 4) is 0 Å². The van der Waals surface area contributed by atoms with Gasteiger partial charge in [0.15, 0.2) is 0 Å². The molecule has 1 aromatic carbocycles. The van der Waals surface area contributed by atoms with Gasteiger partial charge in [0.25, 0.3) is 0 Å². The molecular formula is C20H25F4N3O. The highest BCUT2D eigenvalue weighted by molar-refractivity contribution is 5.78. The van der Waals surface area contributed by atoms with Crippen molar-refractivity contribution < 1.29 is 22.4 Å². The third kappa shape index (κ3) is 5.70. The van der Waals surface area contributed by atoms with Gasteiger partial charge in [-0.3, -0.25) is 4.79 Å². The molecule has 0 bridgehead atoms. The number of likely N-dealkylation sites (tertiary alicyclic amines) is 1. The lowest BCUT2D eigenvalue weighted by atomic mass is 9.96. The Morgan fingerprint density at radius 2 is 1.82 bits per heavy atom. The van der Waals surface area contributed by atoms with E-state index in [9.17, 15) is 22.4 Å². The topological polar surface area (TPSA) is 44.4 Å². The Balaban J connectivity index is 1.45. The van der Waals surface area contributed by atoms with Crippen LogP contribution in [0.5, 0.6) is 0 Å². The second kappa shape index (κ2) is 8.51. The second-order valence-corrected chi connectivity index (χ2v) is 7.57. The smallest absolute Gasteiger partial charge is 0.385 e. The summed E-state index contributed by atoms with van der Waals surface area (Å²) in [5.74, 6) is -0.547. The van der Waals surface area contributed by atoms with E-state index in [1.807, 2.05) is 4.90 Å². The van der Waals surface area contributed by atoms with Gasteiger partial charge in [0.05, 0.1) is 12.1 Å². The van der Waals surface area contributed by atoms with Gasteiger partial charge in [0, 0.05) is 36.9 Å². The molecule has 1 saturated heterocycles. The number of carbonyl (C=O) groups excluding carboxylic acids is 1. The minimum atomic E-state index is -4.61. The summed E-state index contributed by atoms with van der Waals surface area (Å²) in [5, 5.41) is 6.24. The molecule has 1 aliphatic heterocycles. The first-order chi connectivity index (χ1) is 13.2. The van der Waals surface area contributed by atoms with Gasteiger partial charge in [-0.1, -0.05) is 6.58 Å². The second-order valence-electron chi connectivity index (χ2n) is 7.57. The Morgan fingerprint density at radius 3 is 2.43 bits per heavy atom. The molecule has 1 aliphatic carbocycles. The van der Waals surface area contributed by atoms with Crippen molar-refractivity contribution in [1.29, 1.82) is 0 Å². The molecule has 2 fully saturated rings. The van der Waals surface area contributed by atoms with E-state index in [1.54, 1.807) is 0 Å². The van der Waals surface area contributed by atoms with Crippen LogP contribution in [-0.2, 0) is 11.0 Å². The Labute approximate surface area is 162 Å². The highest BCUT2D eigenvalue weighted by Crippen LogP contribution is 2.31. The Hall–Kier alpha value is -2.09. The SMILES string of the molecule is C=C(NCC1CCN(C(=O)CNC2CC2)CC1)c1cc(F)cc(C(F)(F)F)c1. The first kappa shape index (κ1) is 20.6. The third-order valence-electron chi connectivity index (χ3n) is 5.26. The van der Waals surface area contributed by atoms with Crippen LogP contribution in [-0.4, -0.2) is 43.0 Å². The van der Waals surface area contributed by atoms with Crippen LogP contribution < -0.4 is 10.6 Å². The number of nitrogens with one attached hydrogen (secondary N) is 2. The molecule has 3 rings (SSSR count). The van der Waals surface area contributed by atoms with Crippen LogP contribution in [0.3, 0.4) is 0 Å². The van der Waals surface area contributed by atoms with Gasteiger partial charge in [-0.25, -0.2) is 4.39 Å². The quantitative estimate of drug-likeness (QED) is 0.691. The number of nitrogens with zero attached hydrogens (tertiary/aromatic N) is 1. The predicted molar refractivity (Wildman–Crippen MR) is 98.8 cm³/mol. The zero-order valence-corrected chi connectivity index (χ0v) is 15.6. The van der Waals surface area contributed by atoms with Crippen LogP contribution in [0.4, 0.5) is 17.6 Å². The number of alkyl halides is 3. The molecule has 0 atom stereocenters. The largest absolute Gasteiger partial charge is 0.416 e. The van der Waals surface area contributed by atoms with E-state index < -0.39 is 17.6 Å². The van der Waals surface area contributed by atoms with E-state index in [2.05, 4.69) is 17.2 Å². The summed E-state index contributed by atoms with van der Waals surface area (Å²) in [6.45, 7) is 5.99. The molecular weight excluding hydrogens is 374 g/mol. The van der Waals surface area contributed by atoms with Crippen molar-refractivity contribution in [2.75, 3.05) is 26.2 Å². The maximum absolute atomic E-state index is 13.5. The first-order valence-electron chi connectivity index (χ1n) is 9.54. The lowest BCUT2D eigenvalue weighted by molar-refractivity contribution is -0.137. The number of hydrogen-bond donors (Lipinski definition) is 2. The van der Waals surface area contributed by atoms with E-state index in [0.29, 0.717) is 38.3 Å². The monoisotopic (exact) mass is 399 g/mol. The van der Waals surface area contributed by atoms with Gasteiger partial charge >= 0.3 is 6.18 Å². The van der Waals surface area contributed by atoms with Crippen LogP contribution in [0, 0.1) is 11.7 Å². The average molecular weight is 399 g/mol. The van der Waals surface area contributed by atoms with E-state index in [4.69, 9.17) is 0 Å². The number of hydrogen-bond acceptors (Lipinski definition) is 3. The number of amides is 1. The lowest BCUT2D eigenvalue weighted by Crippen LogP contribution is -2.44. The molecule has 0 spiro atoms. The van der Waals surface area contributed by atoms with Crippen molar-refractivity contribution in [2.45, 2.75) is 37.9 Å². The molecule has 2 aliphatic rings. The van der Waals surface area contributed by atoms with Crippen LogP contribution in [0.25, 0.3) is 5.70 Å². The molecule has 1 amide bonds. The van der Waals surface area contributed by atoms with Crippen molar-refractivity contribution >= 4 is 11.6 Å². The van der Waals surface area contributed by atoms with Gasteiger partial charge in [-0.2, -0.15) is 13.2 Å². The number of benzene rings is 1. The molecule has 2 N–H and O–H groups in total. The molecule has 8 heteroatoms. The average Bonchev–Trinajstić information content (AvgIpc) is 3.48. The number of rotatable bonds is 7. The minimum absolute atomic E-state index is 0.0890. The van der Waals surface area contributed by atoms with E-state index in [-0.39, 0.29) is 23.1 Å². The molecule has 1 saturated carbocycles. The fraction of sp³-hybridized carbons (Fsp3) is 0.550. The van der Waals surface area contributed by atoms with Crippen molar-refractivity contribution in [1.82, 2.24) is 15.5 Å². The molecule has 0 aromatic heterocycles. The van der Waals surface area contributed by atoms with Gasteiger partial charge in [-0.05, 0) is 49.8 Å². The number of carbonyl (C=O) groups is 1. The fourth-order valence-corrected chi connectivity index (χ4v) is 3.31. The van der Waals surface area contributed by atoms with Crippen LogP contribution in [0.1, 0.15) is 36.8 Å². The van der Waals surface area contributed by atoms with E-state index in [1.165, 1.54) is 0 Å². The first-order valence-corrected chi connectivity index (χ1v) is 9.54. The number of piperidine rings is 1. The predicted octanol–water partition coefficient (Wildman–Crippen LogP) is 3.40. The summed E-state index contributed by atoms with van der Waals surface area (Å²) >= 11 is 0. The summed E-state index contributed by atoms with van der Waals surface area (Å²) in [5.41, 5.74) is -0.680. The highest BCUT2D eigenvalue weighted by atomic mass is 19.4. The van der Waals surface area contributed by atoms with Crippen molar-refractivity contribution in [3.05, 3.63) is 41.7 Å². The third-order valence-corrected chi connectivity index (χ3v) is 5.26. The molecule has 28 heavy (non-hydrogen) atoms. The van der Waals surface area contributed by atoms with Crippen molar-refractivity contribution in [3.63, 3.8) is 0 Å².